The summed E-state index contributed by atoms with van der Waals surface area (Å²) in [4.78, 5) is 22.9. The molecule has 0 fully saturated rings. The molecule has 1 rings (SSSR count). The first kappa shape index (κ1) is 16.5. The molecule has 0 heterocycles. The van der Waals surface area contributed by atoms with Crippen LogP contribution in [0.5, 0.6) is 5.75 Å². The standard InChI is InChI=1S/C15H19ClO4/c1-10(2)9-20-11-4-5-12(13(16)8-11)14(17)6-7-15(18)19-3/h4-5,8,10H,6-7,9H2,1-3H3. The monoisotopic (exact) mass is 298 g/mol. The molecule has 0 aliphatic heterocycles. The molecule has 0 spiro atoms. The van der Waals surface area contributed by atoms with E-state index in [4.69, 9.17) is 16.3 Å². The van der Waals surface area contributed by atoms with Crippen LogP contribution >= 0.6 is 11.6 Å². The third-order valence-electron chi connectivity index (χ3n) is 2.61. The van der Waals surface area contributed by atoms with Gasteiger partial charge < -0.3 is 9.47 Å². The number of benzene rings is 1. The summed E-state index contributed by atoms with van der Waals surface area (Å²) in [6, 6.07) is 4.95. The lowest BCUT2D eigenvalue weighted by atomic mass is 10.1. The predicted octanol–water partition coefficient (Wildman–Crippen LogP) is 3.51. The summed E-state index contributed by atoms with van der Waals surface area (Å²) in [5.74, 6) is 0.450. The van der Waals surface area contributed by atoms with Crippen molar-refractivity contribution in [3.05, 3.63) is 28.8 Å². The fraction of sp³-hybridized carbons (Fsp3) is 0.467. The second kappa shape index (κ2) is 7.90. The molecule has 0 amide bonds. The van der Waals surface area contributed by atoms with Gasteiger partial charge in [-0.2, -0.15) is 0 Å². The first-order valence-corrected chi connectivity index (χ1v) is 6.84. The molecule has 0 N–H and O–H groups in total. The first-order valence-electron chi connectivity index (χ1n) is 6.46. The Morgan fingerprint density at radius 3 is 2.50 bits per heavy atom. The quantitative estimate of drug-likeness (QED) is 0.571. The van der Waals surface area contributed by atoms with Crippen LogP contribution in [0.4, 0.5) is 0 Å². The summed E-state index contributed by atoms with van der Waals surface area (Å²) < 4.78 is 10.0. The summed E-state index contributed by atoms with van der Waals surface area (Å²) in [5, 5.41) is 0.334. The van der Waals surface area contributed by atoms with Gasteiger partial charge in [0.05, 0.1) is 25.2 Å². The number of halogens is 1. The van der Waals surface area contributed by atoms with Crippen LogP contribution < -0.4 is 4.74 Å². The Hall–Kier alpha value is -1.55. The molecular formula is C15H19ClO4. The molecule has 20 heavy (non-hydrogen) atoms. The highest BCUT2D eigenvalue weighted by Gasteiger charge is 2.13. The average molecular weight is 299 g/mol. The number of ketones is 1. The maximum Gasteiger partial charge on any atom is 0.305 e. The maximum atomic E-state index is 11.9. The largest absolute Gasteiger partial charge is 0.493 e. The lowest BCUT2D eigenvalue weighted by Crippen LogP contribution is -2.07. The molecule has 0 saturated carbocycles. The SMILES string of the molecule is COC(=O)CCC(=O)c1ccc(OCC(C)C)cc1Cl. The fourth-order valence-electron chi connectivity index (χ4n) is 1.53. The summed E-state index contributed by atoms with van der Waals surface area (Å²) >= 11 is 6.07. The molecule has 0 radical (unpaired) electrons. The molecule has 0 aromatic heterocycles. The second-order valence-corrected chi connectivity index (χ2v) is 5.25. The van der Waals surface area contributed by atoms with Gasteiger partial charge in [0.15, 0.2) is 5.78 Å². The van der Waals surface area contributed by atoms with Crippen molar-refractivity contribution in [1.29, 1.82) is 0 Å². The Bertz CT molecular complexity index is 483. The molecule has 0 unspecified atom stereocenters. The number of rotatable bonds is 7. The normalized spacial score (nSPS) is 10.4. The minimum atomic E-state index is -0.411. The van der Waals surface area contributed by atoms with Gasteiger partial charge >= 0.3 is 5.97 Å². The minimum absolute atomic E-state index is 0.0528. The summed E-state index contributed by atoms with van der Waals surface area (Å²) in [7, 11) is 1.29. The highest BCUT2D eigenvalue weighted by Crippen LogP contribution is 2.24. The highest BCUT2D eigenvalue weighted by molar-refractivity contribution is 6.34. The first-order chi connectivity index (χ1) is 9.43. The summed E-state index contributed by atoms with van der Waals surface area (Å²) in [6.45, 7) is 4.69. The van der Waals surface area contributed by atoms with E-state index >= 15 is 0 Å². The van der Waals surface area contributed by atoms with Crippen molar-refractivity contribution in [1.82, 2.24) is 0 Å². The lowest BCUT2D eigenvalue weighted by molar-refractivity contribution is -0.140. The topological polar surface area (TPSA) is 52.6 Å². The molecule has 4 nitrogen and oxygen atoms in total. The molecule has 0 atom stereocenters. The fourth-order valence-corrected chi connectivity index (χ4v) is 1.80. The number of carbonyl (C=O) groups is 2. The van der Waals surface area contributed by atoms with Gasteiger partial charge in [-0.15, -0.1) is 0 Å². The van der Waals surface area contributed by atoms with E-state index in [9.17, 15) is 9.59 Å². The third kappa shape index (κ3) is 5.21. The van der Waals surface area contributed by atoms with Gasteiger partial charge in [0.2, 0.25) is 0 Å². The number of Topliss-reactive ketones (excluding diaryl/α,β-unsaturated/α-hetero) is 1. The second-order valence-electron chi connectivity index (χ2n) is 4.85. The van der Waals surface area contributed by atoms with Gasteiger partial charge in [-0.1, -0.05) is 25.4 Å². The van der Waals surface area contributed by atoms with Gasteiger partial charge in [-0.25, -0.2) is 0 Å². The van der Waals surface area contributed by atoms with Crippen molar-refractivity contribution in [2.24, 2.45) is 5.92 Å². The van der Waals surface area contributed by atoms with E-state index in [1.807, 2.05) is 13.8 Å². The number of carbonyl (C=O) groups excluding carboxylic acids is 2. The zero-order valence-corrected chi connectivity index (χ0v) is 12.7. The molecule has 5 heteroatoms. The number of ether oxygens (including phenoxy) is 2. The van der Waals surface area contributed by atoms with Crippen molar-refractivity contribution in [2.45, 2.75) is 26.7 Å². The smallest absolute Gasteiger partial charge is 0.305 e. The molecule has 110 valence electrons. The van der Waals surface area contributed by atoms with Crippen LogP contribution in [0.2, 0.25) is 5.02 Å². The van der Waals surface area contributed by atoms with E-state index in [0.29, 0.717) is 28.9 Å². The van der Waals surface area contributed by atoms with E-state index in [0.717, 1.165) is 0 Å². The Labute approximate surface area is 124 Å². The highest BCUT2D eigenvalue weighted by atomic mass is 35.5. The van der Waals surface area contributed by atoms with Crippen LogP contribution in [0, 0.1) is 5.92 Å². The number of hydrogen-bond donors (Lipinski definition) is 0. The molecule has 0 bridgehead atoms. The number of methoxy groups -OCH3 is 1. The Kier molecular flexibility index (Phi) is 6.52. The maximum absolute atomic E-state index is 11.9. The van der Waals surface area contributed by atoms with Gasteiger partial charge in [0.25, 0.3) is 0 Å². The van der Waals surface area contributed by atoms with Crippen molar-refractivity contribution in [2.75, 3.05) is 13.7 Å². The number of esters is 1. The summed E-state index contributed by atoms with van der Waals surface area (Å²) in [6.07, 6.45) is 0.135. The van der Waals surface area contributed by atoms with Crippen molar-refractivity contribution in [3.8, 4) is 5.75 Å². The summed E-state index contributed by atoms with van der Waals surface area (Å²) in [5.41, 5.74) is 0.396. The molecule has 0 saturated heterocycles. The van der Waals surface area contributed by atoms with E-state index in [1.165, 1.54) is 7.11 Å². The Balaban J connectivity index is 2.67. The van der Waals surface area contributed by atoms with E-state index in [1.54, 1.807) is 18.2 Å². The number of hydrogen-bond acceptors (Lipinski definition) is 4. The lowest BCUT2D eigenvalue weighted by Gasteiger charge is -2.10. The predicted molar refractivity (Wildman–Crippen MR) is 77.4 cm³/mol. The molecular weight excluding hydrogens is 280 g/mol. The van der Waals surface area contributed by atoms with Crippen LogP contribution in [0.1, 0.15) is 37.0 Å². The Morgan fingerprint density at radius 2 is 1.95 bits per heavy atom. The zero-order valence-electron chi connectivity index (χ0n) is 11.9. The van der Waals surface area contributed by atoms with Gasteiger partial charge in [-0.05, 0) is 24.1 Å². The van der Waals surface area contributed by atoms with Crippen LogP contribution in [0.25, 0.3) is 0 Å². The van der Waals surface area contributed by atoms with Crippen LogP contribution in [-0.4, -0.2) is 25.5 Å². The average Bonchev–Trinajstić information content (AvgIpc) is 2.42. The van der Waals surface area contributed by atoms with Gasteiger partial charge in [-0.3, -0.25) is 9.59 Å². The van der Waals surface area contributed by atoms with E-state index < -0.39 is 5.97 Å². The van der Waals surface area contributed by atoms with Gasteiger partial charge in [0.1, 0.15) is 5.75 Å². The van der Waals surface area contributed by atoms with E-state index in [2.05, 4.69) is 4.74 Å². The minimum Gasteiger partial charge on any atom is -0.493 e. The van der Waals surface area contributed by atoms with Crippen molar-refractivity contribution < 1.29 is 19.1 Å². The van der Waals surface area contributed by atoms with Crippen molar-refractivity contribution in [3.63, 3.8) is 0 Å². The third-order valence-corrected chi connectivity index (χ3v) is 2.92. The molecule has 0 aliphatic rings. The van der Waals surface area contributed by atoms with Crippen molar-refractivity contribution >= 4 is 23.4 Å². The van der Waals surface area contributed by atoms with Crippen LogP contribution in [0.3, 0.4) is 0 Å². The molecule has 0 aliphatic carbocycles. The van der Waals surface area contributed by atoms with Crippen LogP contribution in [-0.2, 0) is 9.53 Å². The molecule has 1 aromatic carbocycles. The van der Waals surface area contributed by atoms with Gasteiger partial charge in [0, 0.05) is 12.0 Å². The molecule has 1 aromatic rings. The Morgan fingerprint density at radius 1 is 1.25 bits per heavy atom. The van der Waals surface area contributed by atoms with Crippen LogP contribution in [0.15, 0.2) is 18.2 Å². The van der Waals surface area contributed by atoms with E-state index in [-0.39, 0.29) is 18.6 Å². The zero-order chi connectivity index (χ0) is 15.1.